The molecule has 0 fully saturated rings. The predicted octanol–water partition coefficient (Wildman–Crippen LogP) is 5.76. The molecule has 0 radical (unpaired) electrons. The second-order valence-corrected chi connectivity index (χ2v) is 10.8. The van der Waals surface area contributed by atoms with E-state index in [0.29, 0.717) is 24.2 Å². The van der Waals surface area contributed by atoms with Gasteiger partial charge in [-0.1, -0.05) is 58.4 Å². The quantitative estimate of drug-likeness (QED) is 0.255. The minimum atomic E-state index is -0.890. The fraction of sp³-hybridized carbons (Fsp3) is 0.690. The number of alkyl carbamates (subject to hydrolysis) is 1. The summed E-state index contributed by atoms with van der Waals surface area (Å²) in [5, 5.41) is 15.7. The average molecular weight is 520 g/mol. The van der Waals surface area contributed by atoms with E-state index in [9.17, 15) is 19.5 Å². The molecule has 1 rings (SSSR count). The molecule has 0 saturated carbocycles. The third kappa shape index (κ3) is 11.9. The molecule has 1 aromatic rings. The van der Waals surface area contributed by atoms with Crippen LogP contribution in [-0.2, 0) is 14.3 Å². The number of phenolic OH excluding ortho intramolecular Hbond substituents is 1. The summed E-state index contributed by atoms with van der Waals surface area (Å²) >= 11 is 0. The van der Waals surface area contributed by atoms with Crippen molar-refractivity contribution in [3.8, 4) is 5.75 Å². The van der Waals surface area contributed by atoms with E-state index in [1.165, 1.54) is 0 Å². The van der Waals surface area contributed by atoms with Crippen molar-refractivity contribution in [1.82, 2.24) is 15.5 Å². The zero-order chi connectivity index (χ0) is 28.0. The number of unbranched alkanes of at least 4 members (excludes halogenated alkanes) is 6. The van der Waals surface area contributed by atoms with E-state index in [4.69, 9.17) is 4.74 Å². The SMILES string of the molecule is CCCCCCCN(C(=O)C(C)NC(=O)OC(C)(C)C)C(C(=O)NCCCCC)c1ccc(O)c(C)c1. The number of aromatic hydroxyl groups is 1. The van der Waals surface area contributed by atoms with Crippen molar-refractivity contribution < 1.29 is 24.2 Å². The lowest BCUT2D eigenvalue weighted by atomic mass is 9.99. The van der Waals surface area contributed by atoms with Crippen molar-refractivity contribution in [3.05, 3.63) is 29.3 Å². The number of phenols is 1. The lowest BCUT2D eigenvalue weighted by Gasteiger charge is -2.34. The smallest absolute Gasteiger partial charge is 0.408 e. The maximum absolute atomic E-state index is 13.7. The maximum Gasteiger partial charge on any atom is 0.408 e. The molecule has 2 unspecified atom stereocenters. The number of hydrogen-bond donors (Lipinski definition) is 3. The monoisotopic (exact) mass is 519 g/mol. The zero-order valence-corrected chi connectivity index (χ0v) is 24.0. The molecule has 210 valence electrons. The molecule has 3 N–H and O–H groups in total. The van der Waals surface area contributed by atoms with Crippen LogP contribution in [0.4, 0.5) is 4.79 Å². The van der Waals surface area contributed by atoms with Gasteiger partial charge in [0.05, 0.1) is 0 Å². The van der Waals surface area contributed by atoms with Gasteiger partial charge in [0.1, 0.15) is 23.4 Å². The van der Waals surface area contributed by atoms with Crippen LogP contribution in [0.1, 0.15) is 110 Å². The van der Waals surface area contributed by atoms with Gasteiger partial charge in [0.25, 0.3) is 0 Å². The average Bonchev–Trinajstić information content (AvgIpc) is 2.81. The molecule has 37 heavy (non-hydrogen) atoms. The Hall–Kier alpha value is -2.77. The number of carbonyl (C=O) groups is 3. The topological polar surface area (TPSA) is 108 Å². The summed E-state index contributed by atoms with van der Waals surface area (Å²) in [4.78, 5) is 41.2. The third-order valence-electron chi connectivity index (χ3n) is 6.07. The Bertz CT molecular complexity index is 866. The first-order chi connectivity index (χ1) is 17.4. The van der Waals surface area contributed by atoms with Crippen LogP contribution in [0.25, 0.3) is 0 Å². The van der Waals surface area contributed by atoms with E-state index in [1.807, 2.05) is 0 Å². The number of amides is 3. The Morgan fingerprint density at radius 1 is 1.00 bits per heavy atom. The molecule has 3 amide bonds. The third-order valence-corrected chi connectivity index (χ3v) is 6.07. The van der Waals surface area contributed by atoms with E-state index in [-0.39, 0.29) is 17.6 Å². The van der Waals surface area contributed by atoms with E-state index >= 15 is 0 Å². The van der Waals surface area contributed by atoms with Crippen LogP contribution >= 0.6 is 0 Å². The van der Waals surface area contributed by atoms with Gasteiger partial charge in [-0.15, -0.1) is 0 Å². The molecule has 0 aliphatic rings. The molecule has 2 atom stereocenters. The summed E-state index contributed by atoms with van der Waals surface area (Å²) in [5.41, 5.74) is 0.544. The van der Waals surface area contributed by atoms with Gasteiger partial charge in [-0.25, -0.2) is 4.79 Å². The zero-order valence-electron chi connectivity index (χ0n) is 24.0. The molecule has 0 aliphatic carbocycles. The van der Waals surface area contributed by atoms with E-state index < -0.39 is 23.8 Å². The molecule has 0 heterocycles. The second kappa shape index (κ2) is 16.2. The number of rotatable bonds is 15. The largest absolute Gasteiger partial charge is 0.508 e. The molecule has 0 aliphatic heterocycles. The summed E-state index contributed by atoms with van der Waals surface area (Å²) in [7, 11) is 0. The molecular formula is C29H49N3O5. The van der Waals surface area contributed by atoms with Crippen LogP contribution in [0.15, 0.2) is 18.2 Å². The standard InChI is InChI=1S/C29H49N3O5/c1-8-10-12-13-15-19-32(27(35)22(4)31-28(36)37-29(5,6)7)25(26(34)30-18-14-11-9-2)23-16-17-24(33)21(3)20-23/h16-17,20,22,25,33H,8-15,18-19H2,1-7H3,(H,30,34)(H,31,36). The van der Waals surface area contributed by atoms with Gasteiger partial charge in [-0.3, -0.25) is 9.59 Å². The molecule has 0 spiro atoms. The summed E-state index contributed by atoms with van der Waals surface area (Å²) in [6.07, 6.45) is 7.15. The lowest BCUT2D eigenvalue weighted by molar-refractivity contribution is -0.142. The highest BCUT2D eigenvalue weighted by atomic mass is 16.6. The molecule has 1 aromatic carbocycles. The molecular weight excluding hydrogens is 470 g/mol. The summed E-state index contributed by atoms with van der Waals surface area (Å²) in [5.74, 6) is -0.503. The summed E-state index contributed by atoms with van der Waals surface area (Å²) in [6, 6.07) is 3.20. The molecule has 0 saturated heterocycles. The van der Waals surface area contributed by atoms with Crippen LogP contribution in [-0.4, -0.2) is 52.6 Å². The first-order valence-corrected chi connectivity index (χ1v) is 13.8. The van der Waals surface area contributed by atoms with Crippen molar-refractivity contribution in [1.29, 1.82) is 0 Å². The highest BCUT2D eigenvalue weighted by molar-refractivity contribution is 5.92. The van der Waals surface area contributed by atoms with Gasteiger partial charge >= 0.3 is 6.09 Å². The minimum absolute atomic E-state index is 0.128. The highest BCUT2D eigenvalue weighted by Crippen LogP contribution is 2.27. The first-order valence-electron chi connectivity index (χ1n) is 13.8. The van der Waals surface area contributed by atoms with Crippen LogP contribution in [0.3, 0.4) is 0 Å². The van der Waals surface area contributed by atoms with Gasteiger partial charge in [0.2, 0.25) is 11.8 Å². The number of aryl methyl sites for hydroxylation is 1. The summed E-state index contributed by atoms with van der Waals surface area (Å²) < 4.78 is 5.33. The van der Waals surface area contributed by atoms with E-state index in [2.05, 4.69) is 24.5 Å². The van der Waals surface area contributed by atoms with Gasteiger partial charge in [0, 0.05) is 13.1 Å². The fourth-order valence-corrected chi connectivity index (χ4v) is 4.05. The minimum Gasteiger partial charge on any atom is -0.508 e. The van der Waals surface area contributed by atoms with Gasteiger partial charge in [-0.2, -0.15) is 0 Å². The van der Waals surface area contributed by atoms with Crippen LogP contribution in [0.2, 0.25) is 0 Å². The second-order valence-electron chi connectivity index (χ2n) is 10.8. The van der Waals surface area contributed by atoms with Gasteiger partial charge in [0.15, 0.2) is 0 Å². The number of nitrogens with zero attached hydrogens (tertiary/aromatic N) is 1. The van der Waals surface area contributed by atoms with Crippen molar-refractivity contribution in [2.24, 2.45) is 0 Å². The van der Waals surface area contributed by atoms with Crippen LogP contribution in [0, 0.1) is 6.92 Å². The number of benzene rings is 1. The van der Waals surface area contributed by atoms with Crippen LogP contribution in [0.5, 0.6) is 5.75 Å². The number of hydrogen-bond acceptors (Lipinski definition) is 5. The summed E-state index contributed by atoms with van der Waals surface area (Å²) in [6.45, 7) is 13.8. The number of carbonyl (C=O) groups excluding carboxylic acids is 3. The van der Waals surface area contributed by atoms with Crippen molar-refractivity contribution in [3.63, 3.8) is 0 Å². The highest BCUT2D eigenvalue weighted by Gasteiger charge is 2.34. The Balaban J connectivity index is 3.29. The number of nitrogens with one attached hydrogen (secondary N) is 2. The maximum atomic E-state index is 13.7. The van der Waals surface area contributed by atoms with Crippen molar-refractivity contribution in [2.75, 3.05) is 13.1 Å². The Labute approximate surface area is 223 Å². The predicted molar refractivity (Wildman–Crippen MR) is 147 cm³/mol. The number of ether oxygens (including phenoxy) is 1. The van der Waals surface area contributed by atoms with Crippen molar-refractivity contribution >= 4 is 17.9 Å². The Morgan fingerprint density at radius 3 is 2.22 bits per heavy atom. The van der Waals surface area contributed by atoms with Gasteiger partial charge < -0.3 is 25.4 Å². The first kappa shape index (κ1) is 32.3. The van der Waals surface area contributed by atoms with E-state index in [1.54, 1.807) is 57.7 Å². The molecule has 8 nitrogen and oxygen atoms in total. The molecule has 8 heteroatoms. The Morgan fingerprint density at radius 2 is 1.62 bits per heavy atom. The van der Waals surface area contributed by atoms with Gasteiger partial charge in [-0.05, 0) is 70.7 Å². The van der Waals surface area contributed by atoms with Crippen molar-refractivity contribution in [2.45, 2.75) is 118 Å². The Kier molecular flexibility index (Phi) is 14.1. The van der Waals surface area contributed by atoms with E-state index in [0.717, 1.165) is 51.4 Å². The fourth-order valence-electron chi connectivity index (χ4n) is 4.05. The molecule has 0 aromatic heterocycles. The van der Waals surface area contributed by atoms with Crippen LogP contribution < -0.4 is 10.6 Å². The lowest BCUT2D eigenvalue weighted by Crippen LogP contribution is -2.52. The normalized spacial score (nSPS) is 12.9. The molecule has 0 bridgehead atoms.